The van der Waals surface area contributed by atoms with E-state index in [2.05, 4.69) is 34.6 Å². The molecule has 9 N–H and O–H groups in total. The summed E-state index contributed by atoms with van der Waals surface area (Å²) in [5, 5.41) is 98.4. The monoisotopic (exact) mass is 772 g/mol. The number of rotatable bonds is 13. The Hall–Kier alpha value is -0.820. The largest absolute Gasteiger partial charge is 0.394 e. The quantitative estimate of drug-likeness (QED) is 0.117. The molecule has 5 fully saturated rings. The number of methoxy groups -OCH3 is 1. The van der Waals surface area contributed by atoms with Crippen molar-refractivity contribution in [2.75, 3.05) is 26.9 Å². The van der Waals surface area contributed by atoms with Crippen LogP contribution in [0.4, 0.5) is 0 Å². The van der Waals surface area contributed by atoms with Gasteiger partial charge in [-0.3, -0.25) is 0 Å². The van der Waals surface area contributed by atoms with Crippen molar-refractivity contribution in [3.63, 3.8) is 0 Å². The van der Waals surface area contributed by atoms with Crippen LogP contribution in [0.25, 0.3) is 0 Å². The maximum atomic E-state index is 12.8. The third-order valence-corrected chi connectivity index (χ3v) is 15.1. The molecule has 54 heavy (non-hydrogen) atoms. The summed E-state index contributed by atoms with van der Waals surface area (Å²) in [5.74, 6) is -0.550. The SMILES string of the molecule is COC1C(O)[C@H](O)CO[C@H]1O[C@@H]1C=C2[C@H](O)C[C@@]3(O)[C@@H]4[C@@H](O)[C@H](O)[C@H]([C@H](C)CC[C@H](CCO[C@@H]5O[C@@H](CO)[C@H](O)[C@H]5O)C(C)C)[C@@]4(C)CC[C@@H]3[C@@]2(C)CC1. The highest BCUT2D eigenvalue weighted by Gasteiger charge is 2.72. The van der Waals surface area contributed by atoms with Gasteiger partial charge in [0.05, 0.1) is 49.8 Å². The molecule has 2 aliphatic heterocycles. The molecule has 2 heterocycles. The normalized spacial score (nSPS) is 50.3. The zero-order chi connectivity index (χ0) is 39.5. The van der Waals surface area contributed by atoms with Crippen LogP contribution in [0.1, 0.15) is 86.0 Å². The van der Waals surface area contributed by atoms with E-state index in [1.807, 2.05) is 6.08 Å². The molecule has 0 aromatic carbocycles. The van der Waals surface area contributed by atoms with Crippen LogP contribution in [0.15, 0.2) is 11.6 Å². The van der Waals surface area contributed by atoms with Crippen molar-refractivity contribution in [3.8, 4) is 0 Å². The van der Waals surface area contributed by atoms with E-state index in [-0.39, 0.29) is 36.7 Å². The van der Waals surface area contributed by atoms with E-state index in [0.29, 0.717) is 44.6 Å². The number of hydrogen-bond acceptors (Lipinski definition) is 14. The molecule has 0 spiro atoms. The second-order valence-corrected chi connectivity index (χ2v) is 18.4. The molecule has 4 aliphatic carbocycles. The van der Waals surface area contributed by atoms with Crippen molar-refractivity contribution in [3.05, 3.63) is 11.6 Å². The molecule has 20 atom stereocenters. The zero-order valence-electron chi connectivity index (χ0n) is 32.8. The lowest BCUT2D eigenvalue weighted by Crippen LogP contribution is -2.66. The summed E-state index contributed by atoms with van der Waals surface area (Å²) < 4.78 is 28.6. The van der Waals surface area contributed by atoms with Gasteiger partial charge in [-0.1, -0.05) is 47.1 Å². The van der Waals surface area contributed by atoms with Crippen molar-refractivity contribution in [2.24, 2.45) is 46.3 Å². The highest BCUT2D eigenvalue weighted by atomic mass is 16.7. The van der Waals surface area contributed by atoms with Gasteiger partial charge in [-0.25, -0.2) is 0 Å². The molecular formula is C40H68O14. The van der Waals surface area contributed by atoms with Gasteiger partial charge in [-0.15, -0.1) is 0 Å². The molecule has 0 aromatic rings. The molecule has 6 rings (SSSR count). The van der Waals surface area contributed by atoms with Crippen molar-refractivity contribution in [2.45, 2.75) is 165 Å². The Kier molecular flexibility index (Phi) is 13.0. The van der Waals surface area contributed by atoms with Crippen LogP contribution in [0, 0.1) is 46.3 Å². The van der Waals surface area contributed by atoms with Gasteiger partial charge in [0.15, 0.2) is 12.6 Å². The Morgan fingerprint density at radius 1 is 0.870 bits per heavy atom. The highest BCUT2D eigenvalue weighted by Crippen LogP contribution is 2.69. The molecule has 0 aromatic heterocycles. The number of aliphatic hydroxyl groups is 9. The lowest BCUT2D eigenvalue weighted by Gasteiger charge is -2.64. The number of ether oxygens (including phenoxy) is 5. The summed E-state index contributed by atoms with van der Waals surface area (Å²) in [5.41, 5.74) is -1.77. The molecule has 0 bridgehead atoms. The van der Waals surface area contributed by atoms with Crippen LogP contribution in [-0.2, 0) is 23.7 Å². The standard InChI is InChI=1S/C40H68O14/c1-19(2)21(11-14-51-36-33(48)30(45)26(17-41)54-36)8-7-20(3)28-31(46)32(47)35-39(28,5)13-10-27-38(4)12-9-22(15-23(38)24(42)16-40(27,35)49)53-37-34(50-6)29(44)25(43)18-52-37/h15,19-22,24-37,41-49H,7-14,16-18H2,1-6H3/t20-,21-,22+,24-,25-,26+,27-,28+,29?,30+,31-,32+,33-,34?,35-,36-,37+,38+,39-,40+/m1/s1. The maximum Gasteiger partial charge on any atom is 0.187 e. The topological polar surface area (TPSA) is 228 Å². The molecule has 14 nitrogen and oxygen atoms in total. The first-order valence-corrected chi connectivity index (χ1v) is 20.3. The number of fused-ring (bicyclic) bond motifs is 5. The number of aliphatic hydroxyl groups excluding tert-OH is 8. The van der Waals surface area contributed by atoms with Crippen molar-refractivity contribution >= 4 is 0 Å². The van der Waals surface area contributed by atoms with Crippen LogP contribution < -0.4 is 0 Å². The molecule has 312 valence electrons. The molecule has 6 aliphatic rings. The van der Waals surface area contributed by atoms with Crippen LogP contribution in [0.5, 0.6) is 0 Å². The van der Waals surface area contributed by atoms with E-state index in [1.54, 1.807) is 0 Å². The first-order valence-electron chi connectivity index (χ1n) is 20.3. The van der Waals surface area contributed by atoms with Gasteiger partial charge >= 0.3 is 0 Å². The number of hydrogen-bond donors (Lipinski definition) is 9. The molecule has 2 unspecified atom stereocenters. The zero-order valence-corrected chi connectivity index (χ0v) is 32.8. The molecule has 0 amide bonds. The Labute approximate surface area is 319 Å². The third-order valence-electron chi connectivity index (χ3n) is 15.1. The van der Waals surface area contributed by atoms with E-state index < -0.39 is 103 Å². The average Bonchev–Trinajstić information content (AvgIpc) is 3.51. The van der Waals surface area contributed by atoms with Crippen LogP contribution in [-0.4, -0.2) is 152 Å². The smallest absolute Gasteiger partial charge is 0.187 e. The predicted octanol–water partition coefficient (Wildman–Crippen LogP) is 0.605. The average molecular weight is 773 g/mol. The fraction of sp³-hybridized carbons (Fsp3) is 0.950. The Bertz CT molecular complexity index is 1300. The Morgan fingerprint density at radius 2 is 1.59 bits per heavy atom. The van der Waals surface area contributed by atoms with Crippen molar-refractivity contribution < 1.29 is 69.6 Å². The third kappa shape index (κ3) is 7.38. The Morgan fingerprint density at radius 3 is 2.24 bits per heavy atom. The van der Waals surface area contributed by atoms with Crippen molar-refractivity contribution in [1.29, 1.82) is 0 Å². The van der Waals surface area contributed by atoms with Crippen LogP contribution >= 0.6 is 0 Å². The first kappa shape index (κ1) is 42.8. The van der Waals surface area contributed by atoms with Crippen LogP contribution in [0.2, 0.25) is 0 Å². The first-order chi connectivity index (χ1) is 25.4. The molecule has 2 saturated heterocycles. The Balaban J connectivity index is 1.12. The van der Waals surface area contributed by atoms with E-state index in [1.165, 1.54) is 7.11 Å². The lowest BCUT2D eigenvalue weighted by molar-refractivity contribution is -0.285. The van der Waals surface area contributed by atoms with Gasteiger partial charge in [0.2, 0.25) is 0 Å². The van der Waals surface area contributed by atoms with Gasteiger partial charge in [-0.05, 0) is 84.5 Å². The van der Waals surface area contributed by atoms with Gasteiger partial charge in [-0.2, -0.15) is 0 Å². The summed E-state index contributed by atoms with van der Waals surface area (Å²) in [4.78, 5) is 0. The van der Waals surface area contributed by atoms with E-state index in [9.17, 15) is 46.0 Å². The fourth-order valence-corrected chi connectivity index (χ4v) is 12.2. The summed E-state index contributed by atoms with van der Waals surface area (Å²) in [6, 6.07) is 0. The molecule has 3 saturated carbocycles. The molecule has 0 radical (unpaired) electrons. The maximum absolute atomic E-state index is 12.8. The molecule has 14 heteroatoms. The van der Waals surface area contributed by atoms with E-state index in [4.69, 9.17) is 23.7 Å². The molecular weight excluding hydrogens is 704 g/mol. The fourth-order valence-electron chi connectivity index (χ4n) is 12.2. The van der Waals surface area contributed by atoms with Gasteiger partial charge in [0.1, 0.15) is 36.6 Å². The van der Waals surface area contributed by atoms with Gasteiger partial charge in [0, 0.05) is 19.4 Å². The van der Waals surface area contributed by atoms with Crippen LogP contribution in [0.3, 0.4) is 0 Å². The summed E-state index contributed by atoms with van der Waals surface area (Å²) in [6.45, 7) is 10.4. The highest BCUT2D eigenvalue weighted by molar-refractivity contribution is 5.33. The van der Waals surface area contributed by atoms with Gasteiger partial charge in [0.25, 0.3) is 0 Å². The van der Waals surface area contributed by atoms with Crippen molar-refractivity contribution in [1.82, 2.24) is 0 Å². The predicted molar refractivity (Wildman–Crippen MR) is 193 cm³/mol. The van der Waals surface area contributed by atoms with Gasteiger partial charge < -0.3 is 69.6 Å². The minimum absolute atomic E-state index is 0.0251. The second kappa shape index (κ2) is 16.4. The van der Waals surface area contributed by atoms with E-state index in [0.717, 1.165) is 18.4 Å². The minimum atomic E-state index is -1.41. The minimum Gasteiger partial charge on any atom is -0.394 e. The summed E-state index contributed by atoms with van der Waals surface area (Å²) in [6.07, 6.45) is -5.12. The lowest BCUT2D eigenvalue weighted by atomic mass is 9.43. The summed E-state index contributed by atoms with van der Waals surface area (Å²) in [7, 11) is 1.42. The second-order valence-electron chi connectivity index (χ2n) is 18.4. The summed E-state index contributed by atoms with van der Waals surface area (Å²) >= 11 is 0. The van der Waals surface area contributed by atoms with E-state index >= 15 is 0 Å².